The molecule has 25 heavy (non-hydrogen) atoms. The maximum absolute atomic E-state index is 12.7. The highest BCUT2D eigenvalue weighted by atomic mass is 16.2. The van der Waals surface area contributed by atoms with Crippen LogP contribution in [-0.2, 0) is 23.2 Å². The van der Waals surface area contributed by atoms with Crippen molar-refractivity contribution in [3.8, 4) is 0 Å². The average molecular weight is 342 g/mol. The van der Waals surface area contributed by atoms with Crippen LogP contribution in [0.25, 0.3) is 11.0 Å². The van der Waals surface area contributed by atoms with Crippen molar-refractivity contribution in [3.05, 3.63) is 34.2 Å². The summed E-state index contributed by atoms with van der Waals surface area (Å²) in [5.41, 5.74) is 2.52. The molecule has 1 aromatic heterocycles. The number of benzene rings is 1. The van der Waals surface area contributed by atoms with E-state index in [0.717, 1.165) is 30.7 Å². The van der Waals surface area contributed by atoms with Gasteiger partial charge < -0.3 is 0 Å². The largest absolute Gasteiger partial charge is 0.329 e. The Kier molecular flexibility index (Phi) is 3.95. The Bertz CT molecular complexity index is 905. The van der Waals surface area contributed by atoms with Gasteiger partial charge in [0.15, 0.2) is 0 Å². The molecule has 2 aliphatic heterocycles. The molecule has 0 radical (unpaired) electrons. The van der Waals surface area contributed by atoms with Crippen molar-refractivity contribution in [2.45, 2.75) is 38.3 Å². The number of carbonyl (C=O) groups excluding carboxylic acids is 2. The second kappa shape index (κ2) is 6.15. The molecule has 2 aromatic rings. The van der Waals surface area contributed by atoms with Gasteiger partial charge in [-0.25, -0.2) is 4.79 Å². The molecular weight excluding hydrogens is 320 g/mol. The number of imide groups is 1. The van der Waals surface area contributed by atoms with Crippen LogP contribution in [0.1, 0.15) is 37.3 Å². The monoisotopic (exact) mass is 342 g/mol. The molecule has 4 rings (SSSR count). The van der Waals surface area contributed by atoms with Crippen LogP contribution in [0.2, 0.25) is 0 Å². The zero-order valence-electron chi connectivity index (χ0n) is 14.3. The summed E-state index contributed by atoms with van der Waals surface area (Å²) in [5.74, 6) is -0.672. The Morgan fingerprint density at radius 2 is 1.88 bits per heavy atom. The third-order valence-corrected chi connectivity index (χ3v) is 5.28. The fourth-order valence-electron chi connectivity index (χ4n) is 3.94. The predicted molar refractivity (Wildman–Crippen MR) is 93.1 cm³/mol. The van der Waals surface area contributed by atoms with E-state index in [4.69, 9.17) is 0 Å². The molecule has 7 heteroatoms. The van der Waals surface area contributed by atoms with Gasteiger partial charge in [0, 0.05) is 20.0 Å². The van der Waals surface area contributed by atoms with Crippen LogP contribution in [0.4, 0.5) is 0 Å². The fourth-order valence-corrected chi connectivity index (χ4v) is 3.94. The van der Waals surface area contributed by atoms with Crippen LogP contribution in [0, 0.1) is 0 Å². The number of imidazole rings is 1. The number of piperidine rings is 1. The second-order valence-electron chi connectivity index (χ2n) is 6.98. The van der Waals surface area contributed by atoms with Gasteiger partial charge in [0.25, 0.3) is 0 Å². The summed E-state index contributed by atoms with van der Waals surface area (Å²) in [6, 6.07) is 5.37. The fraction of sp³-hybridized carbons (Fsp3) is 0.500. The topological polar surface area (TPSA) is 76.3 Å². The Labute approximate surface area is 145 Å². The van der Waals surface area contributed by atoms with Crippen LogP contribution in [-0.4, -0.2) is 38.9 Å². The number of likely N-dealkylation sites (tertiary alicyclic amines) is 1. The van der Waals surface area contributed by atoms with Crippen LogP contribution in [0.15, 0.2) is 23.0 Å². The van der Waals surface area contributed by atoms with E-state index < -0.39 is 11.9 Å². The van der Waals surface area contributed by atoms with Crippen molar-refractivity contribution in [2.75, 3.05) is 13.1 Å². The summed E-state index contributed by atoms with van der Waals surface area (Å²) in [7, 11) is 1.73. The quantitative estimate of drug-likeness (QED) is 0.842. The smallest absolute Gasteiger partial charge is 0.299 e. The molecule has 132 valence electrons. The highest BCUT2D eigenvalue weighted by Gasteiger charge is 2.31. The molecular formula is C18H22N4O3. The van der Waals surface area contributed by atoms with Gasteiger partial charge in [-0.3, -0.25) is 28.9 Å². The van der Waals surface area contributed by atoms with E-state index in [0.29, 0.717) is 6.42 Å². The highest BCUT2D eigenvalue weighted by Crippen LogP contribution is 2.24. The lowest BCUT2D eigenvalue weighted by atomic mass is 10.1. The number of nitrogens with zero attached hydrogens (tertiary/aromatic N) is 3. The summed E-state index contributed by atoms with van der Waals surface area (Å²) in [6.45, 7) is 3.12. The van der Waals surface area contributed by atoms with E-state index in [9.17, 15) is 14.4 Å². The lowest BCUT2D eigenvalue weighted by molar-refractivity contribution is -0.135. The summed E-state index contributed by atoms with van der Waals surface area (Å²) in [5, 5.41) is 2.34. The number of aromatic nitrogens is 2. The number of carbonyl (C=O) groups is 2. The molecule has 1 atom stereocenters. The van der Waals surface area contributed by atoms with E-state index in [-0.39, 0.29) is 18.0 Å². The number of hydrogen-bond donors (Lipinski definition) is 1. The van der Waals surface area contributed by atoms with Gasteiger partial charge in [0.2, 0.25) is 11.8 Å². The number of aryl methyl sites for hydroxylation is 1. The molecule has 2 amide bonds. The maximum Gasteiger partial charge on any atom is 0.329 e. The maximum atomic E-state index is 12.7. The Balaban J connectivity index is 1.73. The van der Waals surface area contributed by atoms with E-state index in [1.807, 2.05) is 18.2 Å². The van der Waals surface area contributed by atoms with E-state index >= 15 is 0 Å². The standard InChI is InChI=1S/C18H22N4O3/c1-20-15-10-12(11-21-8-2-3-9-21)4-5-13(15)22(18(20)25)14-6-7-16(23)19-17(14)24/h4-5,10,14H,2-3,6-9,11H2,1H3,(H,19,23,24). The van der Waals surface area contributed by atoms with Crippen LogP contribution in [0.5, 0.6) is 0 Å². The van der Waals surface area contributed by atoms with Crippen LogP contribution in [0.3, 0.4) is 0 Å². The molecule has 0 saturated carbocycles. The molecule has 7 nitrogen and oxygen atoms in total. The molecule has 2 fully saturated rings. The van der Waals surface area contributed by atoms with Gasteiger partial charge in [-0.2, -0.15) is 0 Å². The Morgan fingerprint density at radius 1 is 1.12 bits per heavy atom. The zero-order valence-corrected chi connectivity index (χ0v) is 14.3. The molecule has 2 aliphatic rings. The van der Waals surface area contributed by atoms with Crippen molar-refractivity contribution in [3.63, 3.8) is 0 Å². The first-order valence-corrected chi connectivity index (χ1v) is 8.80. The Morgan fingerprint density at radius 3 is 2.60 bits per heavy atom. The van der Waals surface area contributed by atoms with Crippen molar-refractivity contribution >= 4 is 22.8 Å². The number of amides is 2. The molecule has 1 unspecified atom stereocenters. The van der Waals surface area contributed by atoms with Crippen molar-refractivity contribution in [1.82, 2.24) is 19.4 Å². The van der Waals surface area contributed by atoms with Crippen LogP contribution >= 0.6 is 0 Å². The third-order valence-electron chi connectivity index (χ3n) is 5.28. The van der Waals surface area contributed by atoms with Gasteiger partial charge in [0.05, 0.1) is 11.0 Å². The summed E-state index contributed by atoms with van der Waals surface area (Å²) < 4.78 is 3.11. The first-order chi connectivity index (χ1) is 12.0. The predicted octanol–water partition coefficient (Wildman–Crippen LogP) is 0.914. The highest BCUT2D eigenvalue weighted by molar-refractivity contribution is 6.00. The number of hydrogen-bond acceptors (Lipinski definition) is 4. The minimum Gasteiger partial charge on any atom is -0.299 e. The lowest BCUT2D eigenvalue weighted by Gasteiger charge is -2.22. The van der Waals surface area contributed by atoms with Gasteiger partial charge in [0.1, 0.15) is 6.04 Å². The SMILES string of the molecule is Cn1c(=O)n(C2CCC(=O)NC2=O)c2ccc(CN3CCCC3)cc21. The van der Waals surface area contributed by atoms with E-state index in [1.165, 1.54) is 23.0 Å². The molecule has 1 N–H and O–H groups in total. The summed E-state index contributed by atoms with van der Waals surface area (Å²) >= 11 is 0. The van der Waals surface area contributed by atoms with Gasteiger partial charge in [-0.1, -0.05) is 6.07 Å². The normalized spacial score (nSPS) is 21.9. The first kappa shape index (κ1) is 16.1. The Hall–Kier alpha value is -2.41. The van der Waals surface area contributed by atoms with Gasteiger partial charge >= 0.3 is 5.69 Å². The van der Waals surface area contributed by atoms with E-state index in [2.05, 4.69) is 10.2 Å². The van der Waals surface area contributed by atoms with Gasteiger partial charge in [-0.05, 0) is 50.0 Å². The molecule has 0 bridgehead atoms. The minimum atomic E-state index is -0.627. The molecule has 0 aliphatic carbocycles. The first-order valence-electron chi connectivity index (χ1n) is 8.80. The third kappa shape index (κ3) is 2.78. The molecule has 1 aromatic carbocycles. The van der Waals surface area contributed by atoms with Gasteiger partial charge in [-0.15, -0.1) is 0 Å². The van der Waals surface area contributed by atoms with Crippen LogP contribution < -0.4 is 11.0 Å². The zero-order chi connectivity index (χ0) is 17.6. The average Bonchev–Trinajstić information content (AvgIpc) is 3.17. The lowest BCUT2D eigenvalue weighted by Crippen LogP contribution is -2.44. The number of fused-ring (bicyclic) bond motifs is 1. The van der Waals surface area contributed by atoms with Crippen molar-refractivity contribution in [1.29, 1.82) is 0 Å². The van der Waals surface area contributed by atoms with E-state index in [1.54, 1.807) is 11.6 Å². The molecule has 3 heterocycles. The van der Waals surface area contributed by atoms with Crippen molar-refractivity contribution in [2.24, 2.45) is 7.05 Å². The summed E-state index contributed by atoms with van der Waals surface area (Å²) in [6.07, 6.45) is 3.10. The number of rotatable bonds is 3. The summed E-state index contributed by atoms with van der Waals surface area (Å²) in [4.78, 5) is 38.7. The number of nitrogens with one attached hydrogen (secondary N) is 1. The second-order valence-corrected chi connectivity index (χ2v) is 6.98. The van der Waals surface area contributed by atoms with Crippen molar-refractivity contribution < 1.29 is 9.59 Å². The minimum absolute atomic E-state index is 0.220. The molecule has 0 spiro atoms. The molecule has 2 saturated heterocycles.